The van der Waals surface area contributed by atoms with Crippen LogP contribution in [0.5, 0.6) is 0 Å². The first-order valence-electron chi connectivity index (χ1n) is 7.26. The van der Waals surface area contributed by atoms with E-state index in [-0.39, 0.29) is 6.04 Å². The standard InChI is InChI=1S/C18H20BrN/c1-12-10-16(19)8-9-17(12)18(20)15-7-3-6-14(11-15)13-4-2-5-13/h3,6-11,13,18H,2,4-5,20H2,1H3. The van der Waals surface area contributed by atoms with E-state index >= 15 is 0 Å². The van der Waals surface area contributed by atoms with E-state index in [1.165, 1.54) is 41.5 Å². The summed E-state index contributed by atoms with van der Waals surface area (Å²) < 4.78 is 1.11. The molecule has 1 aliphatic carbocycles. The van der Waals surface area contributed by atoms with Crippen molar-refractivity contribution in [2.75, 3.05) is 0 Å². The molecule has 1 atom stereocenters. The summed E-state index contributed by atoms with van der Waals surface area (Å²) in [6.45, 7) is 2.12. The van der Waals surface area contributed by atoms with Crippen LogP contribution in [0.3, 0.4) is 0 Å². The van der Waals surface area contributed by atoms with Gasteiger partial charge >= 0.3 is 0 Å². The monoisotopic (exact) mass is 329 g/mol. The topological polar surface area (TPSA) is 26.0 Å². The fourth-order valence-corrected chi connectivity index (χ4v) is 3.39. The molecular formula is C18H20BrN. The van der Waals surface area contributed by atoms with Gasteiger partial charge in [-0.2, -0.15) is 0 Å². The van der Waals surface area contributed by atoms with Crippen molar-refractivity contribution in [1.82, 2.24) is 0 Å². The van der Waals surface area contributed by atoms with Gasteiger partial charge in [0.15, 0.2) is 0 Å². The number of nitrogens with two attached hydrogens (primary N) is 1. The van der Waals surface area contributed by atoms with Crippen LogP contribution < -0.4 is 5.73 Å². The van der Waals surface area contributed by atoms with Crippen molar-refractivity contribution < 1.29 is 0 Å². The maximum Gasteiger partial charge on any atom is 0.0554 e. The summed E-state index contributed by atoms with van der Waals surface area (Å²) in [6, 6.07) is 15.1. The van der Waals surface area contributed by atoms with E-state index < -0.39 is 0 Å². The SMILES string of the molecule is Cc1cc(Br)ccc1C(N)c1cccc(C2CCC2)c1. The fraction of sp³-hybridized carbons (Fsp3) is 0.333. The lowest BCUT2D eigenvalue weighted by molar-refractivity contribution is 0.419. The molecule has 0 aliphatic heterocycles. The van der Waals surface area contributed by atoms with Crippen molar-refractivity contribution in [3.8, 4) is 0 Å². The Labute approximate surface area is 129 Å². The average molecular weight is 330 g/mol. The van der Waals surface area contributed by atoms with Gasteiger partial charge in [0, 0.05) is 4.47 Å². The predicted molar refractivity (Wildman–Crippen MR) is 87.9 cm³/mol. The molecule has 1 saturated carbocycles. The molecule has 3 rings (SSSR count). The van der Waals surface area contributed by atoms with Gasteiger partial charge in [-0.05, 0) is 60.1 Å². The van der Waals surface area contributed by atoms with Crippen molar-refractivity contribution >= 4 is 15.9 Å². The number of hydrogen-bond donors (Lipinski definition) is 1. The predicted octanol–water partition coefficient (Wildman–Crippen LogP) is 5.07. The van der Waals surface area contributed by atoms with E-state index in [4.69, 9.17) is 5.73 Å². The van der Waals surface area contributed by atoms with E-state index in [0.29, 0.717) is 0 Å². The molecule has 0 radical (unpaired) electrons. The summed E-state index contributed by atoms with van der Waals surface area (Å²) in [7, 11) is 0. The first kappa shape index (κ1) is 13.8. The fourth-order valence-electron chi connectivity index (χ4n) is 2.92. The van der Waals surface area contributed by atoms with E-state index in [1.54, 1.807) is 0 Å². The lowest BCUT2D eigenvalue weighted by Crippen LogP contribution is -2.15. The van der Waals surface area contributed by atoms with Crippen molar-refractivity contribution in [2.24, 2.45) is 5.73 Å². The van der Waals surface area contributed by atoms with Crippen LogP contribution >= 0.6 is 15.9 Å². The highest BCUT2D eigenvalue weighted by Crippen LogP contribution is 2.37. The van der Waals surface area contributed by atoms with Crippen LogP contribution in [0.1, 0.15) is 53.5 Å². The van der Waals surface area contributed by atoms with Crippen LogP contribution in [0, 0.1) is 6.92 Å². The van der Waals surface area contributed by atoms with Gasteiger partial charge in [0.05, 0.1) is 6.04 Å². The van der Waals surface area contributed by atoms with E-state index in [0.717, 1.165) is 10.4 Å². The summed E-state index contributed by atoms with van der Waals surface area (Å²) in [5.74, 6) is 0.758. The van der Waals surface area contributed by atoms with Gasteiger partial charge in [0.25, 0.3) is 0 Å². The highest BCUT2D eigenvalue weighted by atomic mass is 79.9. The Kier molecular flexibility index (Phi) is 3.95. The van der Waals surface area contributed by atoms with Crippen LogP contribution in [0.25, 0.3) is 0 Å². The second kappa shape index (κ2) is 5.71. The van der Waals surface area contributed by atoms with Crippen LogP contribution in [0.15, 0.2) is 46.9 Å². The maximum atomic E-state index is 6.48. The third kappa shape index (κ3) is 2.68. The largest absolute Gasteiger partial charge is 0.320 e. The van der Waals surface area contributed by atoms with Gasteiger partial charge in [-0.1, -0.05) is 52.7 Å². The van der Waals surface area contributed by atoms with Crippen molar-refractivity contribution in [2.45, 2.75) is 38.1 Å². The Hall–Kier alpha value is -1.12. The van der Waals surface area contributed by atoms with Gasteiger partial charge in [-0.25, -0.2) is 0 Å². The molecule has 2 aromatic rings. The molecule has 0 spiro atoms. The minimum Gasteiger partial charge on any atom is -0.320 e. The molecule has 0 amide bonds. The quantitative estimate of drug-likeness (QED) is 0.835. The van der Waals surface area contributed by atoms with E-state index in [2.05, 4.69) is 65.3 Å². The molecule has 20 heavy (non-hydrogen) atoms. The van der Waals surface area contributed by atoms with Crippen molar-refractivity contribution in [3.05, 3.63) is 69.2 Å². The first-order valence-corrected chi connectivity index (χ1v) is 8.06. The van der Waals surface area contributed by atoms with Crippen LogP contribution in [-0.4, -0.2) is 0 Å². The number of halogens is 1. The Bertz CT molecular complexity index is 617. The molecule has 0 bridgehead atoms. The van der Waals surface area contributed by atoms with Gasteiger partial charge in [-0.15, -0.1) is 0 Å². The molecule has 1 nitrogen and oxygen atoms in total. The molecule has 1 aliphatic rings. The molecule has 0 saturated heterocycles. The first-order chi connectivity index (χ1) is 9.65. The van der Waals surface area contributed by atoms with Gasteiger partial charge in [0.2, 0.25) is 0 Å². The molecule has 0 aromatic heterocycles. The third-order valence-electron chi connectivity index (χ3n) is 4.41. The second-order valence-corrected chi connectivity index (χ2v) is 6.69. The molecule has 2 heteroatoms. The zero-order valence-electron chi connectivity index (χ0n) is 11.8. The maximum absolute atomic E-state index is 6.48. The molecule has 2 N–H and O–H groups in total. The zero-order valence-corrected chi connectivity index (χ0v) is 13.4. The summed E-state index contributed by atoms with van der Waals surface area (Å²) in [4.78, 5) is 0. The van der Waals surface area contributed by atoms with Crippen molar-refractivity contribution in [1.29, 1.82) is 0 Å². The van der Waals surface area contributed by atoms with Gasteiger partial charge < -0.3 is 5.73 Å². The lowest BCUT2D eigenvalue weighted by Gasteiger charge is -2.27. The zero-order chi connectivity index (χ0) is 14.1. The summed E-state index contributed by atoms with van der Waals surface area (Å²) >= 11 is 3.51. The Balaban J connectivity index is 1.91. The van der Waals surface area contributed by atoms with Gasteiger partial charge in [0.1, 0.15) is 0 Å². The third-order valence-corrected chi connectivity index (χ3v) is 4.91. The minimum absolute atomic E-state index is 0.0388. The van der Waals surface area contributed by atoms with E-state index in [9.17, 15) is 0 Å². The van der Waals surface area contributed by atoms with Gasteiger partial charge in [-0.3, -0.25) is 0 Å². The summed E-state index contributed by atoms with van der Waals surface area (Å²) in [6.07, 6.45) is 4.03. The number of aryl methyl sites for hydroxylation is 1. The van der Waals surface area contributed by atoms with Crippen LogP contribution in [0.4, 0.5) is 0 Å². The normalized spacial score (nSPS) is 16.8. The highest BCUT2D eigenvalue weighted by molar-refractivity contribution is 9.10. The number of rotatable bonds is 3. The Morgan fingerprint density at radius 1 is 1.15 bits per heavy atom. The molecule has 0 heterocycles. The minimum atomic E-state index is -0.0388. The average Bonchev–Trinajstić information content (AvgIpc) is 2.36. The second-order valence-electron chi connectivity index (χ2n) is 5.78. The number of benzene rings is 2. The Morgan fingerprint density at radius 2 is 1.95 bits per heavy atom. The Morgan fingerprint density at radius 3 is 2.60 bits per heavy atom. The molecule has 2 aromatic carbocycles. The summed E-state index contributed by atoms with van der Waals surface area (Å²) in [5, 5.41) is 0. The number of hydrogen-bond acceptors (Lipinski definition) is 1. The highest BCUT2D eigenvalue weighted by Gasteiger charge is 2.20. The molecule has 1 unspecified atom stereocenters. The van der Waals surface area contributed by atoms with Crippen LogP contribution in [-0.2, 0) is 0 Å². The molecular weight excluding hydrogens is 310 g/mol. The molecule has 104 valence electrons. The smallest absolute Gasteiger partial charge is 0.0554 e. The van der Waals surface area contributed by atoms with Crippen molar-refractivity contribution in [3.63, 3.8) is 0 Å². The summed E-state index contributed by atoms with van der Waals surface area (Å²) in [5.41, 5.74) is 11.6. The van der Waals surface area contributed by atoms with E-state index in [1.807, 2.05) is 0 Å². The lowest BCUT2D eigenvalue weighted by atomic mass is 9.79. The molecule has 1 fully saturated rings. The van der Waals surface area contributed by atoms with Crippen LogP contribution in [0.2, 0.25) is 0 Å².